The zero-order valence-electron chi connectivity index (χ0n) is 14.7. The van der Waals surface area contributed by atoms with Crippen LogP contribution in [0.1, 0.15) is 17.3 Å². The summed E-state index contributed by atoms with van der Waals surface area (Å²) in [4.78, 5) is 14.5. The smallest absolute Gasteiger partial charge is 0.368 e. The first kappa shape index (κ1) is 20.2. The molecule has 0 aliphatic carbocycles. The van der Waals surface area contributed by atoms with E-state index < -0.39 is 41.2 Å². The van der Waals surface area contributed by atoms with Crippen LogP contribution in [0.2, 0.25) is 0 Å². The fourth-order valence-corrected chi connectivity index (χ4v) is 3.55. The number of carbonyl (C=O) groups is 1. The van der Waals surface area contributed by atoms with Gasteiger partial charge in [0, 0.05) is 26.6 Å². The number of thiocarbonyl (C=S) groups is 1. The van der Waals surface area contributed by atoms with Gasteiger partial charge in [-0.05, 0) is 18.2 Å². The fourth-order valence-electron chi connectivity index (χ4n) is 3.21. The summed E-state index contributed by atoms with van der Waals surface area (Å²) in [6.07, 6.45) is -4.60. The zero-order chi connectivity index (χ0) is 20.8. The molecule has 0 spiro atoms. The summed E-state index contributed by atoms with van der Waals surface area (Å²) in [6.45, 7) is 0.164. The highest BCUT2D eigenvalue weighted by Crippen LogP contribution is 2.37. The van der Waals surface area contributed by atoms with Crippen LogP contribution in [0.15, 0.2) is 24.3 Å². The van der Waals surface area contributed by atoms with E-state index in [4.69, 9.17) is 12.2 Å². The second kappa shape index (κ2) is 7.12. The largest absolute Gasteiger partial charge is 0.433 e. The molecule has 1 saturated heterocycles. The van der Waals surface area contributed by atoms with E-state index in [9.17, 15) is 26.7 Å². The topological polar surface area (TPSA) is 50.2 Å². The molecule has 5 nitrogen and oxygen atoms in total. The van der Waals surface area contributed by atoms with Gasteiger partial charge < -0.3 is 10.2 Å². The van der Waals surface area contributed by atoms with Crippen LogP contribution in [0.25, 0.3) is 0 Å². The van der Waals surface area contributed by atoms with E-state index in [1.807, 2.05) is 0 Å². The molecule has 1 aliphatic rings. The number of nitrogens with one attached hydrogen (secondary N) is 1. The van der Waals surface area contributed by atoms with Crippen molar-refractivity contribution in [1.29, 1.82) is 0 Å². The second-order valence-electron chi connectivity index (χ2n) is 6.47. The van der Waals surface area contributed by atoms with E-state index in [0.29, 0.717) is 4.68 Å². The number of nitrogens with zero attached hydrogens (tertiary/aromatic N) is 3. The molecule has 1 N–H and O–H groups in total. The molecule has 1 aliphatic heterocycles. The van der Waals surface area contributed by atoms with Crippen molar-refractivity contribution in [2.24, 2.45) is 13.0 Å². The molecule has 1 amide bonds. The predicted molar refractivity (Wildman–Crippen MR) is 94.7 cm³/mol. The summed E-state index contributed by atoms with van der Waals surface area (Å²) < 4.78 is 67.1. The summed E-state index contributed by atoms with van der Waals surface area (Å²) in [5, 5.41) is 6.17. The molecule has 11 heteroatoms. The van der Waals surface area contributed by atoms with Crippen molar-refractivity contribution in [3.63, 3.8) is 0 Å². The lowest BCUT2D eigenvalue weighted by Crippen LogP contribution is -2.32. The number of carbonyl (C=O) groups excluding carboxylic acids is 1. The highest BCUT2D eigenvalue weighted by Gasteiger charge is 2.44. The van der Waals surface area contributed by atoms with Crippen LogP contribution in [-0.4, -0.2) is 39.2 Å². The molecule has 1 fully saturated rings. The Hall–Kier alpha value is -2.56. The number of likely N-dealkylation sites (tertiary alicyclic amines) is 1. The molecule has 150 valence electrons. The predicted octanol–water partition coefficient (Wildman–Crippen LogP) is 3.33. The van der Waals surface area contributed by atoms with Crippen LogP contribution in [0.5, 0.6) is 0 Å². The lowest BCUT2D eigenvalue weighted by Gasteiger charge is -2.17. The summed E-state index contributed by atoms with van der Waals surface area (Å²) in [7, 11) is 2.75. The Kier molecular flexibility index (Phi) is 5.13. The molecular weight excluding hydrogens is 403 g/mol. The summed E-state index contributed by atoms with van der Waals surface area (Å²) in [5.74, 6) is -4.94. The number of aryl methyl sites for hydroxylation is 1. The van der Waals surface area contributed by atoms with Gasteiger partial charge in [-0.2, -0.15) is 18.3 Å². The molecule has 0 radical (unpaired) electrons. The van der Waals surface area contributed by atoms with Crippen LogP contribution in [0.3, 0.4) is 0 Å². The van der Waals surface area contributed by atoms with Crippen LogP contribution in [0.4, 0.5) is 27.6 Å². The molecule has 1 aromatic heterocycles. The van der Waals surface area contributed by atoms with Gasteiger partial charge in [0.15, 0.2) is 11.6 Å². The van der Waals surface area contributed by atoms with Gasteiger partial charge in [-0.25, -0.2) is 8.78 Å². The molecule has 3 rings (SSSR count). The normalized spacial score (nSPS) is 20.0. The first-order valence-electron chi connectivity index (χ1n) is 8.11. The number of amides is 1. The fraction of sp³-hybridized carbons (Fsp3) is 0.353. The van der Waals surface area contributed by atoms with Crippen molar-refractivity contribution in [3.8, 4) is 0 Å². The monoisotopic (exact) mass is 418 g/mol. The number of anilines is 1. The molecule has 0 bridgehead atoms. The third-order valence-electron chi connectivity index (χ3n) is 4.58. The van der Waals surface area contributed by atoms with Gasteiger partial charge in [0.25, 0.3) is 0 Å². The molecule has 2 atom stereocenters. The van der Waals surface area contributed by atoms with Crippen molar-refractivity contribution in [3.05, 3.63) is 47.3 Å². The van der Waals surface area contributed by atoms with E-state index in [2.05, 4.69) is 10.4 Å². The van der Waals surface area contributed by atoms with Crippen LogP contribution >= 0.6 is 12.2 Å². The maximum Gasteiger partial charge on any atom is 0.433 e. The zero-order valence-corrected chi connectivity index (χ0v) is 15.5. The maximum atomic E-state index is 13.9. The second-order valence-corrected chi connectivity index (χ2v) is 6.89. The first-order chi connectivity index (χ1) is 13.0. The quantitative estimate of drug-likeness (QED) is 0.614. The Morgan fingerprint density at radius 1 is 1.29 bits per heavy atom. The third kappa shape index (κ3) is 3.58. The van der Waals surface area contributed by atoms with Gasteiger partial charge in [0.05, 0.1) is 22.3 Å². The highest BCUT2D eigenvalue weighted by molar-refractivity contribution is 7.80. The van der Waals surface area contributed by atoms with Crippen molar-refractivity contribution in [2.75, 3.05) is 18.9 Å². The molecule has 1 aromatic carbocycles. The number of benzene rings is 1. The van der Waals surface area contributed by atoms with Gasteiger partial charge in [-0.15, -0.1) is 0 Å². The Labute approximate surface area is 162 Å². The van der Waals surface area contributed by atoms with E-state index >= 15 is 0 Å². The van der Waals surface area contributed by atoms with Gasteiger partial charge >= 0.3 is 6.18 Å². The molecule has 2 aromatic rings. The summed E-state index contributed by atoms with van der Waals surface area (Å²) in [6, 6.07) is 4.17. The Bertz CT molecular complexity index is 942. The molecular formula is C17H15F5N4OS. The highest BCUT2D eigenvalue weighted by atomic mass is 32.1. The van der Waals surface area contributed by atoms with Gasteiger partial charge in [-0.1, -0.05) is 18.3 Å². The lowest BCUT2D eigenvalue weighted by molar-refractivity contribution is -0.143. The number of rotatable bonds is 3. The van der Waals surface area contributed by atoms with E-state index in [0.717, 1.165) is 19.2 Å². The summed E-state index contributed by atoms with van der Waals surface area (Å²) in [5.41, 5.74) is -1.29. The van der Waals surface area contributed by atoms with Crippen LogP contribution in [-0.2, 0) is 18.0 Å². The van der Waals surface area contributed by atoms with Gasteiger partial charge in [0.2, 0.25) is 5.91 Å². The van der Waals surface area contributed by atoms with E-state index in [1.165, 1.54) is 12.1 Å². The average Bonchev–Trinajstić information content (AvgIpc) is 3.12. The molecule has 2 unspecified atom stereocenters. The minimum atomic E-state index is -4.60. The van der Waals surface area contributed by atoms with Crippen molar-refractivity contribution in [1.82, 2.24) is 14.7 Å². The van der Waals surface area contributed by atoms with E-state index in [-0.39, 0.29) is 22.9 Å². The minimum Gasteiger partial charge on any atom is -0.368 e. The SMILES string of the molecule is CN1CC(c2cc(C(F)(F)F)n(C)n2)C(C(=O)Nc2cccc(F)c2F)C1=S. The van der Waals surface area contributed by atoms with Crippen LogP contribution < -0.4 is 5.32 Å². The minimum absolute atomic E-state index is 0.0430. The lowest BCUT2D eigenvalue weighted by atomic mass is 9.91. The Balaban J connectivity index is 1.93. The van der Waals surface area contributed by atoms with Crippen LogP contribution in [0, 0.1) is 17.6 Å². The third-order valence-corrected chi connectivity index (χ3v) is 5.14. The number of hydrogen-bond acceptors (Lipinski definition) is 3. The Morgan fingerprint density at radius 3 is 2.57 bits per heavy atom. The summed E-state index contributed by atoms with van der Waals surface area (Å²) >= 11 is 5.24. The number of likely N-dealkylation sites (N-methyl/N-ethyl adjacent to an activating group) is 1. The van der Waals surface area contributed by atoms with Crippen molar-refractivity contribution >= 4 is 28.8 Å². The number of hydrogen-bond donors (Lipinski definition) is 1. The molecule has 0 saturated carbocycles. The first-order valence-corrected chi connectivity index (χ1v) is 8.52. The molecule has 28 heavy (non-hydrogen) atoms. The number of alkyl halides is 3. The standard InChI is InChI=1S/C17H15F5N4OS/c1-25-7-8(11-6-12(17(20,21)22)26(2)24-11)13(16(25)28)15(27)23-10-5-3-4-9(18)14(10)19/h3-6,8,13H,7H2,1-2H3,(H,23,27). The van der Waals surface area contributed by atoms with Crippen molar-refractivity contribution < 1.29 is 26.7 Å². The Morgan fingerprint density at radius 2 is 1.96 bits per heavy atom. The maximum absolute atomic E-state index is 13.9. The van der Waals surface area contributed by atoms with Gasteiger partial charge in [-0.3, -0.25) is 9.48 Å². The average molecular weight is 418 g/mol. The molecule has 2 heterocycles. The van der Waals surface area contributed by atoms with E-state index in [1.54, 1.807) is 11.9 Å². The number of halogens is 5. The van der Waals surface area contributed by atoms with Crippen molar-refractivity contribution in [2.45, 2.75) is 12.1 Å². The van der Waals surface area contributed by atoms with Gasteiger partial charge in [0.1, 0.15) is 5.69 Å². The number of aromatic nitrogens is 2.